The molecule has 3 atom stereocenters. The van der Waals surface area contributed by atoms with Gasteiger partial charge in [-0.15, -0.1) is 6.58 Å². The second-order valence-electron chi connectivity index (χ2n) is 9.67. The van der Waals surface area contributed by atoms with Gasteiger partial charge < -0.3 is 15.3 Å². The van der Waals surface area contributed by atoms with Gasteiger partial charge in [0.2, 0.25) is 0 Å². The van der Waals surface area contributed by atoms with E-state index in [1.54, 1.807) is 13.0 Å². The Kier molecular flexibility index (Phi) is 12.2. The molecule has 0 saturated carbocycles. The second-order valence-corrected chi connectivity index (χ2v) is 9.67. The Balaban J connectivity index is 4.13. The van der Waals surface area contributed by atoms with Crippen molar-refractivity contribution in [3.63, 3.8) is 0 Å². The highest BCUT2D eigenvalue weighted by Crippen LogP contribution is 2.26. The highest BCUT2D eigenvalue weighted by molar-refractivity contribution is 5.01. The van der Waals surface area contributed by atoms with Crippen LogP contribution in [0.3, 0.4) is 0 Å². The molecule has 0 aliphatic carbocycles. The molecule has 0 saturated heterocycles. The summed E-state index contributed by atoms with van der Waals surface area (Å²) in [5, 5.41) is 31.1. The number of hydrogen-bond acceptors (Lipinski definition) is 3. The van der Waals surface area contributed by atoms with Gasteiger partial charge in [0.1, 0.15) is 0 Å². The van der Waals surface area contributed by atoms with Gasteiger partial charge in [0.25, 0.3) is 0 Å². The maximum Gasteiger partial charge on any atom is 0.0800 e. The van der Waals surface area contributed by atoms with Gasteiger partial charge in [-0.2, -0.15) is 0 Å². The molecule has 28 heavy (non-hydrogen) atoms. The highest BCUT2D eigenvalue weighted by atomic mass is 16.3. The van der Waals surface area contributed by atoms with Crippen LogP contribution in [0, 0.1) is 0 Å². The van der Waals surface area contributed by atoms with Crippen LogP contribution >= 0.6 is 0 Å². The molecule has 3 unspecified atom stereocenters. The van der Waals surface area contributed by atoms with Crippen molar-refractivity contribution in [2.75, 3.05) is 0 Å². The molecule has 164 valence electrons. The Morgan fingerprint density at radius 2 is 1.25 bits per heavy atom. The molecular formula is C25H46O3. The first-order valence-electron chi connectivity index (χ1n) is 10.9. The zero-order valence-electron chi connectivity index (χ0n) is 19.4. The lowest BCUT2D eigenvalue weighted by Crippen LogP contribution is -2.27. The Morgan fingerprint density at radius 1 is 0.750 bits per heavy atom. The topological polar surface area (TPSA) is 60.7 Å². The molecule has 0 aromatic heterocycles. The van der Waals surface area contributed by atoms with Crippen LogP contribution in [0.1, 0.15) is 106 Å². The van der Waals surface area contributed by atoms with Crippen LogP contribution in [-0.4, -0.2) is 32.1 Å². The van der Waals surface area contributed by atoms with Crippen LogP contribution in [0.25, 0.3) is 0 Å². The van der Waals surface area contributed by atoms with Gasteiger partial charge in [0.05, 0.1) is 16.8 Å². The monoisotopic (exact) mass is 394 g/mol. The average molecular weight is 395 g/mol. The van der Waals surface area contributed by atoms with Crippen LogP contribution in [0.15, 0.2) is 36.0 Å². The van der Waals surface area contributed by atoms with Crippen LogP contribution in [-0.2, 0) is 0 Å². The number of rotatable bonds is 15. The smallest absolute Gasteiger partial charge is 0.0800 e. The summed E-state index contributed by atoms with van der Waals surface area (Å²) in [6, 6.07) is 0. The van der Waals surface area contributed by atoms with Crippen molar-refractivity contribution in [1.29, 1.82) is 0 Å². The molecule has 0 fully saturated rings. The molecule has 0 heterocycles. The second kappa shape index (κ2) is 12.6. The van der Waals surface area contributed by atoms with Gasteiger partial charge in [0, 0.05) is 0 Å². The van der Waals surface area contributed by atoms with Crippen LogP contribution in [0.2, 0.25) is 0 Å². The third kappa shape index (κ3) is 15.1. The van der Waals surface area contributed by atoms with Gasteiger partial charge in [-0.1, -0.05) is 29.4 Å². The molecule has 0 aromatic rings. The zero-order valence-corrected chi connectivity index (χ0v) is 19.4. The average Bonchev–Trinajstić information content (AvgIpc) is 2.53. The minimum absolute atomic E-state index is 0.659. The van der Waals surface area contributed by atoms with Gasteiger partial charge >= 0.3 is 0 Å². The molecule has 0 rings (SSSR count). The molecule has 3 heteroatoms. The van der Waals surface area contributed by atoms with Gasteiger partial charge in [-0.3, -0.25) is 0 Å². The summed E-state index contributed by atoms with van der Waals surface area (Å²) in [4.78, 5) is 0. The molecule has 0 aliphatic rings. The molecule has 3 N–H and O–H groups in total. The highest BCUT2D eigenvalue weighted by Gasteiger charge is 2.24. The minimum atomic E-state index is -0.798. The van der Waals surface area contributed by atoms with Crippen LogP contribution < -0.4 is 0 Å². The first kappa shape index (κ1) is 27.1. The SMILES string of the molecule is C=CC(C)(O)CC/C=C(\C)CCCC(C)(O)CCCC(C)(O)CCC=C(C)C. The van der Waals surface area contributed by atoms with E-state index in [0.717, 1.165) is 57.8 Å². The minimum Gasteiger partial charge on any atom is -0.390 e. The lowest BCUT2D eigenvalue weighted by molar-refractivity contribution is 0.0130. The van der Waals surface area contributed by atoms with Crippen molar-refractivity contribution in [2.24, 2.45) is 0 Å². The normalized spacial score (nSPS) is 18.7. The zero-order chi connectivity index (χ0) is 21.8. The van der Waals surface area contributed by atoms with Crippen molar-refractivity contribution in [2.45, 2.75) is 123 Å². The van der Waals surface area contributed by atoms with E-state index in [9.17, 15) is 15.3 Å². The van der Waals surface area contributed by atoms with E-state index in [2.05, 4.69) is 39.5 Å². The molecule has 0 spiro atoms. The van der Waals surface area contributed by atoms with E-state index in [0.29, 0.717) is 6.42 Å². The van der Waals surface area contributed by atoms with E-state index in [-0.39, 0.29) is 0 Å². The van der Waals surface area contributed by atoms with Crippen LogP contribution in [0.5, 0.6) is 0 Å². The fourth-order valence-electron chi connectivity index (χ4n) is 3.33. The molecule has 0 radical (unpaired) electrons. The van der Waals surface area contributed by atoms with E-state index in [1.165, 1.54) is 11.1 Å². The Morgan fingerprint density at radius 3 is 1.79 bits per heavy atom. The molecule has 3 nitrogen and oxygen atoms in total. The Bertz CT molecular complexity index is 506. The lowest BCUT2D eigenvalue weighted by Gasteiger charge is -2.27. The van der Waals surface area contributed by atoms with E-state index in [4.69, 9.17) is 0 Å². The summed E-state index contributed by atoms with van der Waals surface area (Å²) < 4.78 is 0. The van der Waals surface area contributed by atoms with Crippen molar-refractivity contribution in [3.8, 4) is 0 Å². The Labute approximate surface area is 174 Å². The summed E-state index contributed by atoms with van der Waals surface area (Å²) in [6.45, 7) is 15.5. The molecule has 0 aromatic carbocycles. The number of hydrogen-bond donors (Lipinski definition) is 3. The summed E-state index contributed by atoms with van der Waals surface area (Å²) in [7, 11) is 0. The first-order chi connectivity index (χ1) is 12.8. The van der Waals surface area contributed by atoms with Gasteiger partial charge in [-0.25, -0.2) is 0 Å². The lowest BCUT2D eigenvalue weighted by atomic mass is 9.87. The first-order valence-corrected chi connectivity index (χ1v) is 10.9. The van der Waals surface area contributed by atoms with Crippen molar-refractivity contribution in [1.82, 2.24) is 0 Å². The molecule has 0 bridgehead atoms. The largest absolute Gasteiger partial charge is 0.390 e. The summed E-state index contributed by atoms with van der Waals surface area (Å²) in [5.41, 5.74) is 0.455. The third-order valence-corrected chi connectivity index (χ3v) is 5.54. The molecule has 0 aliphatic heterocycles. The fraction of sp³-hybridized carbons (Fsp3) is 0.760. The predicted molar refractivity (Wildman–Crippen MR) is 121 cm³/mol. The maximum atomic E-state index is 10.6. The Hall–Kier alpha value is -0.900. The van der Waals surface area contributed by atoms with E-state index in [1.807, 2.05) is 13.8 Å². The number of aliphatic hydroxyl groups is 3. The molecular weight excluding hydrogens is 348 g/mol. The summed E-state index contributed by atoms with van der Waals surface area (Å²) in [6.07, 6.45) is 14.1. The maximum absolute atomic E-state index is 10.6. The fourth-order valence-corrected chi connectivity index (χ4v) is 3.33. The van der Waals surface area contributed by atoms with Gasteiger partial charge in [0.15, 0.2) is 0 Å². The van der Waals surface area contributed by atoms with Gasteiger partial charge in [-0.05, 0) is 106 Å². The summed E-state index contributed by atoms with van der Waals surface area (Å²) >= 11 is 0. The van der Waals surface area contributed by atoms with Crippen molar-refractivity contribution >= 4 is 0 Å². The summed E-state index contributed by atoms with van der Waals surface area (Å²) in [5.74, 6) is 0. The molecule has 0 amide bonds. The third-order valence-electron chi connectivity index (χ3n) is 5.54. The standard InChI is InChI=1S/C25H46O3/c1-8-23(5,26)16-10-14-22(4)15-11-18-25(7,28)20-12-19-24(6,27)17-9-13-21(2)3/h8,13-14,26-28H,1,9-12,15-20H2,2-7H3/b22-14+. The number of allylic oxidation sites excluding steroid dienone is 4. The van der Waals surface area contributed by atoms with Crippen molar-refractivity contribution < 1.29 is 15.3 Å². The van der Waals surface area contributed by atoms with Crippen LogP contribution in [0.4, 0.5) is 0 Å². The van der Waals surface area contributed by atoms with Crippen molar-refractivity contribution in [3.05, 3.63) is 36.0 Å². The van der Waals surface area contributed by atoms with E-state index < -0.39 is 16.8 Å². The predicted octanol–water partition coefficient (Wildman–Crippen LogP) is 6.24. The quantitative estimate of drug-likeness (QED) is 0.288. The van der Waals surface area contributed by atoms with E-state index >= 15 is 0 Å².